The summed E-state index contributed by atoms with van der Waals surface area (Å²) >= 11 is 0. The second kappa shape index (κ2) is 6.05. The predicted octanol–water partition coefficient (Wildman–Crippen LogP) is -0.394. The summed E-state index contributed by atoms with van der Waals surface area (Å²) in [5.74, 6) is -1.59. The van der Waals surface area contributed by atoms with Gasteiger partial charge in [-0.15, -0.1) is 0 Å². The van der Waals surface area contributed by atoms with E-state index in [2.05, 4.69) is 4.99 Å². The molecule has 0 unspecified atom stereocenters. The van der Waals surface area contributed by atoms with Crippen molar-refractivity contribution in [3.63, 3.8) is 0 Å². The van der Waals surface area contributed by atoms with E-state index in [9.17, 15) is 21.6 Å². The quantitative estimate of drug-likeness (QED) is 0.556. The molecule has 0 fully saturated rings. The van der Waals surface area contributed by atoms with Crippen molar-refractivity contribution in [1.82, 2.24) is 0 Å². The van der Waals surface area contributed by atoms with Crippen molar-refractivity contribution in [3.05, 3.63) is 23.3 Å². The number of hydrogen-bond acceptors (Lipinski definition) is 5. The van der Waals surface area contributed by atoms with Crippen LogP contribution in [-0.4, -0.2) is 40.7 Å². The Morgan fingerprint density at radius 3 is 2.09 bits per heavy atom. The number of amides is 1. The van der Waals surface area contributed by atoms with Crippen LogP contribution in [0.3, 0.4) is 0 Å². The molecule has 122 valence electrons. The Balaban J connectivity index is 3.79. The van der Waals surface area contributed by atoms with Crippen molar-refractivity contribution >= 4 is 31.5 Å². The molecule has 1 amide bonds. The van der Waals surface area contributed by atoms with E-state index in [0.717, 1.165) is 18.4 Å². The first-order valence-electron chi connectivity index (χ1n) is 6.11. The van der Waals surface area contributed by atoms with Crippen molar-refractivity contribution in [1.29, 1.82) is 0 Å². The van der Waals surface area contributed by atoms with Crippen LogP contribution >= 0.6 is 0 Å². The fourth-order valence-electron chi connectivity index (χ4n) is 1.76. The standard InChI is InChI=1S/C12H17N3O5S2/c1-4-22(19,20)10-5-7(2)8(11(16)15-12(13)14)6-9(10)21(3,17)18/h5-6H,4H2,1-3H3,(H4,13,14,15,16). The molecule has 1 rings (SSSR count). The van der Waals surface area contributed by atoms with Gasteiger partial charge in [0.15, 0.2) is 25.6 Å². The third kappa shape index (κ3) is 3.83. The number of aliphatic imine (C=N–C) groups is 1. The van der Waals surface area contributed by atoms with Crippen LogP contribution in [0.4, 0.5) is 0 Å². The van der Waals surface area contributed by atoms with Crippen molar-refractivity contribution in [2.75, 3.05) is 12.0 Å². The highest BCUT2D eigenvalue weighted by atomic mass is 32.2. The largest absolute Gasteiger partial charge is 0.370 e. The van der Waals surface area contributed by atoms with Crippen molar-refractivity contribution < 1.29 is 21.6 Å². The molecular weight excluding hydrogens is 330 g/mol. The van der Waals surface area contributed by atoms with E-state index in [4.69, 9.17) is 11.5 Å². The minimum atomic E-state index is -3.87. The van der Waals surface area contributed by atoms with Gasteiger partial charge in [0.1, 0.15) is 0 Å². The second-order valence-electron chi connectivity index (χ2n) is 4.63. The lowest BCUT2D eigenvalue weighted by molar-refractivity contribution is 0.100. The van der Waals surface area contributed by atoms with E-state index in [-0.39, 0.29) is 21.8 Å². The molecule has 0 aliphatic heterocycles. The Bertz CT molecular complexity index is 851. The van der Waals surface area contributed by atoms with Crippen LogP contribution < -0.4 is 11.5 Å². The summed E-state index contributed by atoms with van der Waals surface area (Å²) in [6.45, 7) is 2.87. The number of carbonyl (C=O) groups is 1. The molecular formula is C12H17N3O5S2. The third-order valence-corrected chi connectivity index (χ3v) is 5.90. The van der Waals surface area contributed by atoms with Gasteiger partial charge in [0.2, 0.25) is 0 Å². The van der Waals surface area contributed by atoms with E-state index in [1.54, 1.807) is 0 Å². The maximum absolute atomic E-state index is 12.1. The van der Waals surface area contributed by atoms with Crippen LogP contribution in [0.15, 0.2) is 26.9 Å². The van der Waals surface area contributed by atoms with Crippen molar-refractivity contribution in [3.8, 4) is 0 Å². The minimum Gasteiger partial charge on any atom is -0.370 e. The molecule has 4 N–H and O–H groups in total. The van der Waals surface area contributed by atoms with Gasteiger partial charge in [0, 0.05) is 11.8 Å². The zero-order valence-corrected chi connectivity index (χ0v) is 14.0. The molecule has 10 heteroatoms. The monoisotopic (exact) mass is 347 g/mol. The summed E-state index contributed by atoms with van der Waals surface area (Å²) < 4.78 is 47.9. The van der Waals surface area contributed by atoms with Crippen molar-refractivity contribution in [2.24, 2.45) is 16.5 Å². The van der Waals surface area contributed by atoms with Crippen LogP contribution in [0.1, 0.15) is 22.8 Å². The highest BCUT2D eigenvalue weighted by Crippen LogP contribution is 2.26. The highest BCUT2D eigenvalue weighted by molar-refractivity contribution is 7.94. The molecule has 0 radical (unpaired) electrons. The molecule has 0 saturated carbocycles. The first kappa shape index (κ1) is 18.1. The number of benzene rings is 1. The Morgan fingerprint density at radius 2 is 1.68 bits per heavy atom. The Hall–Kier alpha value is -1.94. The number of sulfone groups is 2. The lowest BCUT2D eigenvalue weighted by Gasteiger charge is -2.12. The lowest BCUT2D eigenvalue weighted by atomic mass is 10.1. The smallest absolute Gasteiger partial charge is 0.280 e. The SMILES string of the molecule is CCS(=O)(=O)c1cc(C)c(C(=O)N=C(N)N)cc1S(C)(=O)=O. The molecule has 0 atom stereocenters. The molecule has 1 aromatic carbocycles. The number of guanidine groups is 1. The topological polar surface area (TPSA) is 150 Å². The molecule has 0 saturated heterocycles. The third-order valence-electron chi connectivity index (χ3n) is 2.87. The molecule has 0 aliphatic carbocycles. The molecule has 0 spiro atoms. The Morgan fingerprint density at radius 1 is 1.14 bits per heavy atom. The van der Waals surface area contributed by atoms with E-state index < -0.39 is 36.4 Å². The maximum atomic E-state index is 12.1. The molecule has 22 heavy (non-hydrogen) atoms. The zero-order valence-electron chi connectivity index (χ0n) is 12.3. The van der Waals surface area contributed by atoms with E-state index in [1.165, 1.54) is 13.8 Å². The van der Waals surface area contributed by atoms with E-state index in [0.29, 0.717) is 0 Å². The first-order chi connectivity index (χ1) is 9.90. The van der Waals surface area contributed by atoms with Gasteiger partial charge in [-0.3, -0.25) is 4.79 Å². The molecule has 0 heterocycles. The van der Waals surface area contributed by atoms with Crippen molar-refractivity contribution in [2.45, 2.75) is 23.6 Å². The number of hydrogen-bond donors (Lipinski definition) is 2. The fraction of sp³-hybridized carbons (Fsp3) is 0.333. The molecule has 0 aliphatic rings. The van der Waals surface area contributed by atoms with Crippen LogP contribution in [0.5, 0.6) is 0 Å². The van der Waals surface area contributed by atoms with Gasteiger partial charge in [-0.1, -0.05) is 6.92 Å². The Kier molecular flexibility index (Phi) is 4.98. The number of nitrogens with zero attached hydrogens (tertiary/aromatic N) is 1. The van der Waals surface area contributed by atoms with Gasteiger partial charge in [-0.25, -0.2) is 16.8 Å². The summed E-state index contributed by atoms with van der Waals surface area (Å²) in [5.41, 5.74) is 10.4. The average molecular weight is 347 g/mol. The van der Waals surface area contributed by atoms with Crippen LogP contribution in [-0.2, 0) is 19.7 Å². The predicted molar refractivity (Wildman–Crippen MR) is 82.2 cm³/mol. The molecule has 1 aromatic rings. The molecule has 8 nitrogen and oxygen atoms in total. The fourth-order valence-corrected chi connectivity index (χ4v) is 4.38. The number of rotatable bonds is 4. The van der Waals surface area contributed by atoms with Gasteiger partial charge >= 0.3 is 0 Å². The minimum absolute atomic E-state index is 0.0797. The normalized spacial score (nSPS) is 12.0. The molecule has 0 bridgehead atoms. The number of nitrogens with two attached hydrogens (primary N) is 2. The van der Waals surface area contributed by atoms with E-state index in [1.807, 2.05) is 0 Å². The van der Waals surface area contributed by atoms with Gasteiger partial charge in [-0.05, 0) is 24.6 Å². The summed E-state index contributed by atoms with van der Waals surface area (Å²) in [4.78, 5) is 14.4. The molecule has 0 aromatic heterocycles. The summed E-state index contributed by atoms with van der Waals surface area (Å²) in [6.07, 6.45) is 0.862. The van der Waals surface area contributed by atoms with E-state index >= 15 is 0 Å². The first-order valence-corrected chi connectivity index (χ1v) is 9.66. The van der Waals surface area contributed by atoms with Crippen LogP contribution in [0.2, 0.25) is 0 Å². The van der Waals surface area contributed by atoms with Gasteiger partial charge < -0.3 is 11.5 Å². The maximum Gasteiger partial charge on any atom is 0.280 e. The Labute approximate surface area is 129 Å². The van der Waals surface area contributed by atoms with Gasteiger partial charge in [-0.2, -0.15) is 4.99 Å². The lowest BCUT2D eigenvalue weighted by Crippen LogP contribution is -2.24. The number of carbonyl (C=O) groups excluding carboxylic acids is 1. The second-order valence-corrected chi connectivity index (χ2v) is 8.86. The van der Waals surface area contributed by atoms with Crippen LogP contribution in [0.25, 0.3) is 0 Å². The van der Waals surface area contributed by atoms with Gasteiger partial charge in [0.25, 0.3) is 5.91 Å². The highest BCUT2D eigenvalue weighted by Gasteiger charge is 2.25. The summed E-state index contributed by atoms with van der Waals surface area (Å²) in [5, 5.41) is 0. The number of aryl methyl sites for hydroxylation is 1. The summed E-state index contributed by atoms with van der Waals surface area (Å²) in [6, 6.07) is 2.13. The van der Waals surface area contributed by atoms with Gasteiger partial charge in [0.05, 0.1) is 15.5 Å². The van der Waals surface area contributed by atoms with Crippen LogP contribution in [0, 0.1) is 6.92 Å². The summed E-state index contributed by atoms with van der Waals surface area (Å²) in [7, 11) is -7.65. The zero-order chi connectivity index (χ0) is 17.3. The average Bonchev–Trinajstić information content (AvgIpc) is 2.35.